The molecule has 3 heterocycles. The second kappa shape index (κ2) is 9.13. The third-order valence-electron chi connectivity index (χ3n) is 7.54. The van der Waals surface area contributed by atoms with E-state index in [-0.39, 0.29) is 30.4 Å². The largest absolute Gasteiger partial charge is 0.328 e. The number of aryl methyl sites for hydroxylation is 2. The Morgan fingerprint density at radius 2 is 1.79 bits per heavy atom. The van der Waals surface area contributed by atoms with Crippen molar-refractivity contribution < 1.29 is 9.59 Å². The molecule has 0 radical (unpaired) electrons. The van der Waals surface area contributed by atoms with E-state index in [1.165, 1.54) is 10.5 Å². The van der Waals surface area contributed by atoms with Gasteiger partial charge in [0.05, 0.1) is 6.54 Å². The molecule has 1 N–H and O–H groups in total. The van der Waals surface area contributed by atoms with Crippen LogP contribution in [0.5, 0.6) is 0 Å². The van der Waals surface area contributed by atoms with Gasteiger partial charge in [0.1, 0.15) is 18.5 Å². The first-order valence-electron chi connectivity index (χ1n) is 12.3. The molecule has 4 unspecified atom stereocenters. The third-order valence-corrected chi connectivity index (χ3v) is 7.54. The summed E-state index contributed by atoms with van der Waals surface area (Å²) in [6.07, 6.45) is 0.593. The Morgan fingerprint density at radius 3 is 2.56 bits per heavy atom. The van der Waals surface area contributed by atoms with Gasteiger partial charge in [-0.1, -0.05) is 61.0 Å². The Bertz CT molecular complexity index is 1070. The fourth-order valence-electron chi connectivity index (χ4n) is 5.70. The van der Waals surface area contributed by atoms with Crippen molar-refractivity contribution >= 4 is 11.9 Å². The van der Waals surface area contributed by atoms with Crippen molar-refractivity contribution in [2.75, 3.05) is 26.7 Å². The molecule has 3 saturated heterocycles. The van der Waals surface area contributed by atoms with Crippen molar-refractivity contribution in [3.8, 4) is 0 Å². The van der Waals surface area contributed by atoms with E-state index in [1.807, 2.05) is 27.0 Å². The summed E-state index contributed by atoms with van der Waals surface area (Å²) < 4.78 is 0. The fourth-order valence-corrected chi connectivity index (χ4v) is 5.70. The summed E-state index contributed by atoms with van der Waals surface area (Å²) in [5.41, 5.74) is 4.56. The number of nitrogens with zero attached hydrogens (tertiary/aromatic N) is 4. The highest BCUT2D eigenvalue weighted by atomic mass is 16.2. The number of rotatable bonds is 5. The van der Waals surface area contributed by atoms with Gasteiger partial charge in [-0.05, 0) is 42.9 Å². The van der Waals surface area contributed by atoms with Crippen LogP contribution in [0.25, 0.3) is 0 Å². The van der Waals surface area contributed by atoms with Gasteiger partial charge in [0.15, 0.2) is 0 Å². The lowest BCUT2D eigenvalue weighted by atomic mass is 10.0. The first kappa shape index (κ1) is 23.0. The van der Waals surface area contributed by atoms with Crippen LogP contribution < -0.4 is 5.32 Å². The number of imide groups is 1. The Hall–Kier alpha value is -2.74. The Labute approximate surface area is 202 Å². The van der Waals surface area contributed by atoms with Crippen LogP contribution in [-0.2, 0) is 17.8 Å². The summed E-state index contributed by atoms with van der Waals surface area (Å²) in [4.78, 5) is 35.0. The molecule has 4 atom stereocenters. The van der Waals surface area contributed by atoms with Crippen LogP contribution in [0.15, 0.2) is 48.5 Å². The predicted octanol–water partition coefficient (Wildman–Crippen LogP) is 2.78. The van der Waals surface area contributed by atoms with Crippen LogP contribution in [0.3, 0.4) is 0 Å². The Morgan fingerprint density at radius 1 is 1.03 bits per heavy atom. The lowest BCUT2D eigenvalue weighted by Gasteiger charge is -2.45. The summed E-state index contributed by atoms with van der Waals surface area (Å²) in [5, 5.41) is 3.63. The highest BCUT2D eigenvalue weighted by Crippen LogP contribution is 2.33. The second-order valence-corrected chi connectivity index (χ2v) is 10.2. The molecule has 2 aromatic rings. The van der Waals surface area contributed by atoms with Crippen LogP contribution in [0, 0.1) is 19.8 Å². The molecule has 34 heavy (non-hydrogen) atoms. The molecule has 2 aromatic carbocycles. The molecule has 0 aliphatic carbocycles. The van der Waals surface area contributed by atoms with E-state index in [9.17, 15) is 9.59 Å². The number of urea groups is 1. The Balaban J connectivity index is 1.38. The minimum absolute atomic E-state index is 0.0465. The Kier molecular flexibility index (Phi) is 6.18. The van der Waals surface area contributed by atoms with Gasteiger partial charge < -0.3 is 4.90 Å². The number of benzene rings is 2. The van der Waals surface area contributed by atoms with Crippen LogP contribution >= 0.6 is 0 Å². The summed E-state index contributed by atoms with van der Waals surface area (Å²) in [7, 11) is 1.81. The number of nitrogens with one attached hydrogen (secondary N) is 1. The van der Waals surface area contributed by atoms with Crippen LogP contribution in [-0.4, -0.2) is 76.7 Å². The second-order valence-electron chi connectivity index (χ2n) is 10.2. The maximum absolute atomic E-state index is 13.8. The van der Waals surface area contributed by atoms with Crippen LogP contribution in [0.4, 0.5) is 4.79 Å². The average molecular weight is 462 g/mol. The van der Waals surface area contributed by atoms with Crippen molar-refractivity contribution in [3.05, 3.63) is 70.8 Å². The highest BCUT2D eigenvalue weighted by Gasteiger charge is 2.56. The number of carbonyl (C=O) groups is 2. The molecule has 0 aromatic heterocycles. The molecular formula is C27H35N5O2. The molecule has 3 aliphatic rings. The summed E-state index contributed by atoms with van der Waals surface area (Å²) in [6.45, 7) is 9.34. The zero-order valence-electron chi connectivity index (χ0n) is 20.6. The summed E-state index contributed by atoms with van der Waals surface area (Å²) in [5.74, 6) is 0.344. The van der Waals surface area contributed by atoms with Crippen molar-refractivity contribution in [1.29, 1.82) is 0 Å². The number of likely N-dealkylation sites (N-methyl/N-ethyl adjacent to an activating group) is 1. The van der Waals surface area contributed by atoms with Gasteiger partial charge in [0.25, 0.3) is 5.91 Å². The van der Waals surface area contributed by atoms with E-state index >= 15 is 0 Å². The first-order valence-corrected chi connectivity index (χ1v) is 12.3. The van der Waals surface area contributed by atoms with Crippen LogP contribution in [0.1, 0.15) is 29.2 Å². The monoisotopic (exact) mass is 461 g/mol. The van der Waals surface area contributed by atoms with Crippen LogP contribution in [0.2, 0.25) is 0 Å². The lowest BCUT2D eigenvalue weighted by Crippen LogP contribution is -2.66. The normalized spacial score (nSPS) is 27.8. The molecule has 0 bridgehead atoms. The molecule has 3 aliphatic heterocycles. The highest BCUT2D eigenvalue weighted by molar-refractivity contribution is 6.00. The predicted molar refractivity (Wildman–Crippen MR) is 132 cm³/mol. The maximum Gasteiger partial charge on any atom is 0.328 e. The number of hydrogen-bond donors (Lipinski definition) is 1. The number of carbonyl (C=O) groups excluding carboxylic acids is 2. The molecular weight excluding hydrogens is 426 g/mol. The molecule has 7 nitrogen and oxygen atoms in total. The number of amides is 3. The van der Waals surface area contributed by atoms with Gasteiger partial charge in [-0.25, -0.2) is 4.79 Å². The molecule has 0 saturated carbocycles. The van der Waals surface area contributed by atoms with Crippen molar-refractivity contribution in [1.82, 2.24) is 24.9 Å². The van der Waals surface area contributed by atoms with Gasteiger partial charge >= 0.3 is 6.03 Å². The van der Waals surface area contributed by atoms with Gasteiger partial charge in [0.2, 0.25) is 0 Å². The third kappa shape index (κ3) is 4.13. The van der Waals surface area contributed by atoms with E-state index in [0.29, 0.717) is 12.5 Å². The summed E-state index contributed by atoms with van der Waals surface area (Å²) >= 11 is 0. The molecule has 7 heteroatoms. The average Bonchev–Trinajstić information content (AvgIpc) is 3.21. The van der Waals surface area contributed by atoms with Gasteiger partial charge in [-0.2, -0.15) is 0 Å². The minimum atomic E-state index is -0.375. The van der Waals surface area contributed by atoms with E-state index < -0.39 is 0 Å². The van der Waals surface area contributed by atoms with Gasteiger partial charge in [-0.3, -0.25) is 24.8 Å². The fraction of sp³-hybridized carbons (Fsp3) is 0.481. The molecule has 180 valence electrons. The SMILES string of the molecule is Cc1ccc(C)c(CN2C(=O)C3C(NC4N(CCc5ccccc5)CC(C)CN34)N(C)C2=O)c1. The topological polar surface area (TPSA) is 59.1 Å². The van der Waals surface area contributed by atoms with Crippen molar-refractivity contribution in [2.45, 2.75) is 52.2 Å². The van der Waals surface area contributed by atoms with Gasteiger partial charge in [-0.15, -0.1) is 0 Å². The van der Waals surface area contributed by atoms with Crippen molar-refractivity contribution in [2.24, 2.45) is 5.92 Å². The number of hydrogen-bond acceptors (Lipinski definition) is 5. The maximum atomic E-state index is 13.8. The quantitative estimate of drug-likeness (QED) is 0.742. The standard InChI is InChI=1S/C27H35N5O2/c1-18-10-11-20(3)22(14-18)17-32-25(33)23-24(29(4)27(32)34)28-26-30(15-19(2)16-31(23)26)13-12-21-8-6-5-7-9-21/h5-11,14,19,23-24,26,28H,12-13,15-17H2,1-4H3. The van der Waals surface area contributed by atoms with Gasteiger partial charge in [0, 0.05) is 26.7 Å². The molecule has 3 amide bonds. The van der Waals surface area contributed by atoms with E-state index in [0.717, 1.165) is 42.7 Å². The smallest absolute Gasteiger partial charge is 0.310 e. The van der Waals surface area contributed by atoms with Crippen molar-refractivity contribution in [3.63, 3.8) is 0 Å². The zero-order chi connectivity index (χ0) is 24.0. The molecule has 3 fully saturated rings. The number of fused-ring (bicyclic) bond motifs is 3. The first-order chi connectivity index (χ1) is 16.3. The van der Waals surface area contributed by atoms with E-state index in [1.54, 1.807) is 4.90 Å². The molecule has 5 rings (SSSR count). The molecule has 0 spiro atoms. The zero-order valence-corrected chi connectivity index (χ0v) is 20.6. The van der Waals surface area contributed by atoms with E-state index in [4.69, 9.17) is 0 Å². The lowest BCUT2D eigenvalue weighted by molar-refractivity contribution is -0.141. The minimum Gasteiger partial charge on any atom is -0.310 e. The summed E-state index contributed by atoms with van der Waals surface area (Å²) in [6, 6.07) is 16.1. The van der Waals surface area contributed by atoms with E-state index in [2.05, 4.69) is 64.5 Å².